The Morgan fingerprint density at radius 3 is 2.90 bits per heavy atom. The average molecular weight is 297 g/mol. The zero-order chi connectivity index (χ0) is 14.0. The van der Waals surface area contributed by atoms with Gasteiger partial charge in [0, 0.05) is 18.4 Å². The van der Waals surface area contributed by atoms with E-state index in [1.165, 1.54) is 19.3 Å². The van der Waals surface area contributed by atoms with Crippen molar-refractivity contribution in [2.24, 2.45) is 0 Å². The fraction of sp³-hybridized carbons (Fsp3) is 0.625. The molecule has 1 unspecified atom stereocenters. The predicted octanol–water partition coefficient (Wildman–Crippen LogP) is 3.91. The quantitative estimate of drug-likeness (QED) is 0.788. The maximum absolute atomic E-state index is 6.19. The molecule has 0 N–H and O–H groups in total. The maximum Gasteiger partial charge on any atom is 0.124 e. The number of hydrogen-bond acceptors (Lipinski definition) is 3. The Morgan fingerprint density at radius 1 is 1.40 bits per heavy atom. The van der Waals surface area contributed by atoms with Crippen LogP contribution in [0, 0.1) is 0 Å². The van der Waals surface area contributed by atoms with E-state index < -0.39 is 0 Å². The van der Waals surface area contributed by atoms with Crippen LogP contribution in [0.5, 0.6) is 11.5 Å². The van der Waals surface area contributed by atoms with Crippen molar-refractivity contribution >= 4 is 11.6 Å². The minimum Gasteiger partial charge on any atom is -0.497 e. The average Bonchev–Trinajstić information content (AvgIpc) is 2.46. The number of rotatable bonds is 4. The minimum absolute atomic E-state index is 0.108. The standard InChI is InChI=1S/C16H21ClO3/c1-18-13-3-4-15(12(9-13)11-17)20-14-5-8-19-16(10-14)6-2-7-16/h3-4,9,14H,2,5-8,10-11H2,1H3. The molecule has 0 aromatic heterocycles. The van der Waals surface area contributed by atoms with Gasteiger partial charge in [-0.3, -0.25) is 0 Å². The van der Waals surface area contributed by atoms with Crippen LogP contribution in [0.15, 0.2) is 18.2 Å². The molecule has 1 saturated heterocycles. The van der Waals surface area contributed by atoms with E-state index >= 15 is 0 Å². The van der Waals surface area contributed by atoms with Gasteiger partial charge in [-0.15, -0.1) is 11.6 Å². The summed E-state index contributed by atoms with van der Waals surface area (Å²) in [6.07, 6.45) is 5.83. The molecule has 0 bridgehead atoms. The number of hydrogen-bond donors (Lipinski definition) is 0. The van der Waals surface area contributed by atoms with Crippen molar-refractivity contribution in [3.05, 3.63) is 23.8 Å². The monoisotopic (exact) mass is 296 g/mol. The predicted molar refractivity (Wildman–Crippen MR) is 78.7 cm³/mol. The third kappa shape index (κ3) is 2.75. The zero-order valence-electron chi connectivity index (χ0n) is 11.9. The van der Waals surface area contributed by atoms with E-state index in [4.69, 9.17) is 25.8 Å². The number of ether oxygens (including phenoxy) is 3. The van der Waals surface area contributed by atoms with Crippen LogP contribution in [0.3, 0.4) is 0 Å². The van der Waals surface area contributed by atoms with Crippen LogP contribution in [-0.4, -0.2) is 25.4 Å². The highest BCUT2D eigenvalue weighted by Crippen LogP contribution is 2.43. The van der Waals surface area contributed by atoms with Gasteiger partial charge in [0.15, 0.2) is 0 Å². The molecule has 2 fully saturated rings. The van der Waals surface area contributed by atoms with Gasteiger partial charge in [0.25, 0.3) is 0 Å². The topological polar surface area (TPSA) is 27.7 Å². The fourth-order valence-corrected chi connectivity index (χ4v) is 3.29. The summed E-state index contributed by atoms with van der Waals surface area (Å²) in [6, 6.07) is 5.82. The lowest BCUT2D eigenvalue weighted by atomic mass is 9.74. The number of methoxy groups -OCH3 is 1. The van der Waals surface area contributed by atoms with Crippen LogP contribution < -0.4 is 9.47 Å². The van der Waals surface area contributed by atoms with Crippen LogP contribution in [-0.2, 0) is 10.6 Å². The Morgan fingerprint density at radius 2 is 2.25 bits per heavy atom. The Kier molecular flexibility index (Phi) is 4.08. The normalized spacial score (nSPS) is 24.2. The van der Waals surface area contributed by atoms with E-state index in [0.29, 0.717) is 5.88 Å². The molecule has 1 saturated carbocycles. The summed E-state index contributed by atoms with van der Waals surface area (Å²) in [5, 5.41) is 0. The molecule has 3 rings (SSSR count). The lowest BCUT2D eigenvalue weighted by Crippen LogP contribution is -2.48. The summed E-state index contributed by atoms with van der Waals surface area (Å²) in [5.74, 6) is 2.12. The molecule has 3 nitrogen and oxygen atoms in total. The van der Waals surface area contributed by atoms with E-state index in [1.807, 2.05) is 18.2 Å². The van der Waals surface area contributed by atoms with Crippen molar-refractivity contribution in [3.8, 4) is 11.5 Å². The van der Waals surface area contributed by atoms with Crippen molar-refractivity contribution in [1.82, 2.24) is 0 Å². The first-order valence-electron chi connectivity index (χ1n) is 7.28. The molecule has 0 radical (unpaired) electrons. The summed E-state index contributed by atoms with van der Waals surface area (Å²) >= 11 is 6.01. The van der Waals surface area contributed by atoms with Gasteiger partial charge in [0.2, 0.25) is 0 Å². The van der Waals surface area contributed by atoms with Crippen LogP contribution in [0.1, 0.15) is 37.7 Å². The summed E-state index contributed by atoms with van der Waals surface area (Å²) in [4.78, 5) is 0. The van der Waals surface area contributed by atoms with Gasteiger partial charge in [0.1, 0.15) is 17.6 Å². The van der Waals surface area contributed by atoms with E-state index in [1.54, 1.807) is 7.11 Å². The van der Waals surface area contributed by atoms with Crippen molar-refractivity contribution in [2.45, 2.75) is 49.7 Å². The SMILES string of the molecule is COc1ccc(OC2CCOC3(CCC3)C2)c(CCl)c1. The fourth-order valence-electron chi connectivity index (χ4n) is 3.08. The highest BCUT2D eigenvalue weighted by atomic mass is 35.5. The van der Waals surface area contributed by atoms with E-state index in [-0.39, 0.29) is 11.7 Å². The van der Waals surface area contributed by atoms with Crippen LogP contribution >= 0.6 is 11.6 Å². The Balaban J connectivity index is 1.70. The maximum atomic E-state index is 6.19. The molecular formula is C16H21ClO3. The molecule has 1 heterocycles. The first kappa shape index (κ1) is 14.0. The Hall–Kier alpha value is -0.930. The second-order valence-electron chi connectivity index (χ2n) is 5.72. The van der Waals surface area contributed by atoms with Gasteiger partial charge >= 0.3 is 0 Å². The third-order valence-electron chi connectivity index (χ3n) is 4.42. The molecule has 20 heavy (non-hydrogen) atoms. The van der Waals surface area contributed by atoms with E-state index in [2.05, 4.69) is 0 Å². The lowest BCUT2D eigenvalue weighted by Gasteiger charge is -2.47. The third-order valence-corrected chi connectivity index (χ3v) is 4.71. The molecule has 1 aliphatic heterocycles. The molecule has 1 aromatic carbocycles. The molecule has 4 heteroatoms. The van der Waals surface area contributed by atoms with Crippen LogP contribution in [0.4, 0.5) is 0 Å². The molecule has 2 aliphatic rings. The Bertz CT molecular complexity index is 471. The Labute approximate surface area is 125 Å². The van der Waals surface area contributed by atoms with Gasteiger partial charge in [-0.05, 0) is 37.5 Å². The van der Waals surface area contributed by atoms with E-state index in [0.717, 1.165) is 36.5 Å². The highest BCUT2D eigenvalue weighted by molar-refractivity contribution is 6.17. The number of benzene rings is 1. The van der Waals surface area contributed by atoms with Gasteiger partial charge in [-0.25, -0.2) is 0 Å². The van der Waals surface area contributed by atoms with Crippen LogP contribution in [0.25, 0.3) is 0 Å². The number of alkyl halides is 1. The minimum atomic E-state index is 0.108. The van der Waals surface area contributed by atoms with Crippen LogP contribution in [0.2, 0.25) is 0 Å². The van der Waals surface area contributed by atoms with Crippen molar-refractivity contribution in [2.75, 3.05) is 13.7 Å². The van der Waals surface area contributed by atoms with Gasteiger partial charge in [-0.2, -0.15) is 0 Å². The number of halogens is 1. The van der Waals surface area contributed by atoms with Crippen molar-refractivity contribution in [1.29, 1.82) is 0 Å². The molecular weight excluding hydrogens is 276 g/mol. The molecule has 1 spiro atoms. The molecule has 110 valence electrons. The van der Waals surface area contributed by atoms with Gasteiger partial charge in [0.05, 0.1) is 25.2 Å². The molecule has 1 aromatic rings. The summed E-state index contributed by atoms with van der Waals surface area (Å²) in [7, 11) is 1.66. The van der Waals surface area contributed by atoms with Crippen molar-refractivity contribution < 1.29 is 14.2 Å². The first-order valence-corrected chi connectivity index (χ1v) is 7.82. The largest absolute Gasteiger partial charge is 0.497 e. The molecule has 1 atom stereocenters. The summed E-state index contributed by atoms with van der Waals surface area (Å²) in [5.41, 5.74) is 1.09. The van der Waals surface area contributed by atoms with E-state index in [9.17, 15) is 0 Å². The summed E-state index contributed by atoms with van der Waals surface area (Å²) < 4.78 is 17.4. The molecule has 1 aliphatic carbocycles. The smallest absolute Gasteiger partial charge is 0.124 e. The second-order valence-corrected chi connectivity index (χ2v) is 5.99. The molecule has 0 amide bonds. The van der Waals surface area contributed by atoms with Gasteiger partial charge < -0.3 is 14.2 Å². The second kappa shape index (κ2) is 5.82. The first-order chi connectivity index (χ1) is 9.74. The lowest BCUT2D eigenvalue weighted by molar-refractivity contribution is -0.153. The van der Waals surface area contributed by atoms with Crippen molar-refractivity contribution in [3.63, 3.8) is 0 Å². The highest BCUT2D eigenvalue weighted by Gasteiger charge is 2.43. The zero-order valence-corrected chi connectivity index (χ0v) is 12.6. The van der Waals surface area contributed by atoms with Gasteiger partial charge in [-0.1, -0.05) is 0 Å². The summed E-state index contributed by atoms with van der Waals surface area (Å²) in [6.45, 7) is 0.803.